The number of rotatable bonds is 7. The van der Waals surface area contributed by atoms with Crippen molar-refractivity contribution in [3.8, 4) is 0 Å². The Morgan fingerprint density at radius 1 is 1.24 bits per heavy atom. The number of thiophene rings is 1. The van der Waals surface area contributed by atoms with Crippen LogP contribution in [0.2, 0.25) is 0 Å². The fourth-order valence-electron chi connectivity index (χ4n) is 1.35. The Kier molecular flexibility index (Phi) is 6.38. The van der Waals surface area contributed by atoms with Gasteiger partial charge in [0.2, 0.25) is 0 Å². The van der Waals surface area contributed by atoms with Crippen LogP contribution < -0.4 is 4.78 Å². The monoisotopic (exact) mass is 313 g/mol. The van der Waals surface area contributed by atoms with Gasteiger partial charge in [0.05, 0.1) is 11.3 Å². The van der Waals surface area contributed by atoms with Crippen LogP contribution in [0.3, 0.4) is 0 Å². The van der Waals surface area contributed by atoms with E-state index in [0.717, 1.165) is 11.3 Å². The van der Waals surface area contributed by atoms with Crippen LogP contribution in [-0.2, 0) is 18.9 Å². The van der Waals surface area contributed by atoms with E-state index in [0.29, 0.717) is 4.78 Å². The first-order valence-corrected chi connectivity index (χ1v) is 7.01. The van der Waals surface area contributed by atoms with Gasteiger partial charge in [-0.15, -0.1) is 11.3 Å². The summed E-state index contributed by atoms with van der Waals surface area (Å²) in [4.78, 5) is 35.6. The first-order chi connectivity index (χ1) is 9.83. The predicted octanol–water partition coefficient (Wildman–Crippen LogP) is 0.200. The molecular formula is C12H16BNO6S. The summed E-state index contributed by atoms with van der Waals surface area (Å²) >= 11 is 0.895. The van der Waals surface area contributed by atoms with Crippen molar-refractivity contribution in [2.75, 3.05) is 20.6 Å². The summed E-state index contributed by atoms with van der Waals surface area (Å²) in [7, 11) is 2.17. The second-order valence-electron chi connectivity index (χ2n) is 4.41. The molecule has 0 radical (unpaired) electrons. The highest BCUT2D eigenvalue weighted by atomic mass is 32.1. The van der Waals surface area contributed by atoms with Gasteiger partial charge in [-0.1, -0.05) is 6.92 Å². The van der Waals surface area contributed by atoms with Crippen molar-refractivity contribution < 1.29 is 28.8 Å². The molecule has 1 aromatic rings. The second kappa shape index (κ2) is 7.80. The van der Waals surface area contributed by atoms with Crippen molar-refractivity contribution in [3.63, 3.8) is 0 Å². The molecule has 21 heavy (non-hydrogen) atoms. The molecular weight excluding hydrogens is 297 g/mol. The van der Waals surface area contributed by atoms with E-state index in [1.165, 1.54) is 12.1 Å². The number of carboxylic acids is 1. The van der Waals surface area contributed by atoms with E-state index in [2.05, 4.69) is 0 Å². The number of hydrogen-bond donors (Lipinski definition) is 1. The summed E-state index contributed by atoms with van der Waals surface area (Å²) in [6.07, 6.45) is 0.124. The molecule has 0 spiro atoms. The van der Waals surface area contributed by atoms with Gasteiger partial charge in [0.15, 0.2) is 0 Å². The van der Waals surface area contributed by atoms with Crippen LogP contribution in [0, 0.1) is 0 Å². The third-order valence-corrected chi connectivity index (χ3v) is 3.38. The topological polar surface area (TPSA) is 93.1 Å². The van der Waals surface area contributed by atoms with Gasteiger partial charge < -0.3 is 14.4 Å². The van der Waals surface area contributed by atoms with Crippen LogP contribution in [0.25, 0.3) is 0 Å². The second-order valence-corrected chi connectivity index (χ2v) is 5.53. The predicted molar refractivity (Wildman–Crippen MR) is 77.7 cm³/mol. The Balaban J connectivity index is 2.87. The maximum atomic E-state index is 11.7. The fraction of sp³-hybridized carbons (Fsp3) is 0.417. The van der Waals surface area contributed by atoms with Crippen LogP contribution in [0.15, 0.2) is 12.1 Å². The molecule has 0 aromatic carbocycles. The van der Waals surface area contributed by atoms with Gasteiger partial charge >= 0.3 is 19.1 Å². The van der Waals surface area contributed by atoms with Crippen LogP contribution in [-0.4, -0.2) is 55.7 Å². The molecule has 1 heterocycles. The summed E-state index contributed by atoms with van der Waals surface area (Å²) < 4.78 is 10.5. The van der Waals surface area contributed by atoms with Crippen LogP contribution >= 0.6 is 11.3 Å². The van der Waals surface area contributed by atoms with Crippen molar-refractivity contribution in [2.45, 2.75) is 13.3 Å². The molecule has 0 unspecified atom stereocenters. The molecule has 0 bridgehead atoms. The van der Waals surface area contributed by atoms with E-state index in [1.54, 1.807) is 25.9 Å². The smallest absolute Gasteiger partial charge is 0.495 e. The van der Waals surface area contributed by atoms with Gasteiger partial charge in [0.1, 0.15) is 4.88 Å². The lowest BCUT2D eigenvalue weighted by molar-refractivity contribution is -0.140. The van der Waals surface area contributed by atoms with Crippen molar-refractivity contribution >= 4 is 41.1 Å². The first-order valence-electron chi connectivity index (χ1n) is 6.20. The number of aromatic carboxylic acids is 1. The number of carbonyl (C=O) groups excluding carboxylic acids is 2. The van der Waals surface area contributed by atoms with E-state index in [9.17, 15) is 14.4 Å². The average Bonchev–Trinajstić information content (AvgIpc) is 2.86. The molecule has 0 aliphatic rings. The standard InChI is InChI=1S/C12H16BNO6S/c1-4-10(15)19-13(20-11(16)7-14(2)3)9-6-5-8(21-9)12(17)18/h5-6H,4,7H2,1-3H3,(H,17,18). The Morgan fingerprint density at radius 2 is 1.86 bits per heavy atom. The molecule has 0 aliphatic heterocycles. The molecule has 1 rings (SSSR count). The Hall–Kier alpha value is -1.87. The van der Waals surface area contributed by atoms with E-state index < -0.39 is 25.0 Å². The summed E-state index contributed by atoms with van der Waals surface area (Å²) in [5, 5.41) is 8.90. The van der Waals surface area contributed by atoms with Gasteiger partial charge in [-0.25, -0.2) is 4.79 Å². The lowest BCUT2D eigenvalue weighted by atomic mass is 9.87. The molecule has 0 fully saturated rings. The van der Waals surface area contributed by atoms with E-state index in [4.69, 9.17) is 14.4 Å². The van der Waals surface area contributed by atoms with Crippen molar-refractivity contribution in [1.29, 1.82) is 0 Å². The summed E-state index contributed by atoms with van der Waals surface area (Å²) in [6.45, 7) is 1.63. The maximum absolute atomic E-state index is 11.7. The first kappa shape index (κ1) is 17.2. The molecule has 114 valence electrons. The molecule has 0 amide bonds. The zero-order valence-corrected chi connectivity index (χ0v) is 12.8. The minimum absolute atomic E-state index is 0.0251. The molecule has 9 heteroatoms. The molecule has 0 atom stereocenters. The summed E-state index contributed by atoms with van der Waals surface area (Å²) in [6, 6.07) is 2.83. The Bertz CT molecular complexity index is 530. The lowest BCUT2D eigenvalue weighted by Crippen LogP contribution is -2.41. The number of carboxylic acid groups (broad SMARTS) is 1. The van der Waals surface area contributed by atoms with Crippen molar-refractivity contribution in [1.82, 2.24) is 4.90 Å². The van der Waals surface area contributed by atoms with Gasteiger partial charge in [-0.3, -0.25) is 14.5 Å². The lowest BCUT2D eigenvalue weighted by Gasteiger charge is -2.14. The minimum atomic E-state index is -1.22. The van der Waals surface area contributed by atoms with Crippen molar-refractivity contribution in [3.05, 3.63) is 17.0 Å². The SMILES string of the molecule is CCC(=O)OB(OC(=O)CN(C)C)c1ccc(C(=O)O)s1. The molecule has 1 aromatic heterocycles. The number of carbonyl (C=O) groups is 3. The summed E-state index contributed by atoms with van der Waals surface area (Å²) in [5.74, 6) is -2.20. The van der Waals surface area contributed by atoms with Gasteiger partial charge in [0.25, 0.3) is 5.97 Å². The van der Waals surface area contributed by atoms with Crippen LogP contribution in [0.5, 0.6) is 0 Å². The van der Waals surface area contributed by atoms with Crippen LogP contribution in [0.1, 0.15) is 23.0 Å². The quantitative estimate of drug-likeness (QED) is 0.719. The summed E-state index contributed by atoms with van der Waals surface area (Å²) in [5.41, 5.74) is 0. The van der Waals surface area contributed by atoms with E-state index >= 15 is 0 Å². The molecule has 7 nitrogen and oxygen atoms in total. The average molecular weight is 313 g/mol. The Labute approximate surface area is 126 Å². The van der Waals surface area contributed by atoms with Crippen LogP contribution in [0.4, 0.5) is 0 Å². The fourth-order valence-corrected chi connectivity index (χ4v) is 2.16. The number of likely N-dealkylation sites (N-methyl/N-ethyl adjacent to an activating group) is 1. The normalized spacial score (nSPS) is 10.3. The van der Waals surface area contributed by atoms with E-state index in [-0.39, 0.29) is 17.8 Å². The minimum Gasteiger partial charge on any atom is -0.495 e. The largest absolute Gasteiger partial charge is 0.647 e. The zero-order chi connectivity index (χ0) is 16.0. The number of hydrogen-bond acceptors (Lipinski definition) is 7. The zero-order valence-electron chi connectivity index (χ0n) is 12.0. The third-order valence-electron chi connectivity index (χ3n) is 2.28. The molecule has 0 saturated carbocycles. The Morgan fingerprint density at radius 3 is 2.33 bits per heavy atom. The van der Waals surface area contributed by atoms with Crippen molar-refractivity contribution in [2.24, 2.45) is 0 Å². The van der Waals surface area contributed by atoms with Gasteiger partial charge in [-0.2, -0.15) is 0 Å². The highest BCUT2D eigenvalue weighted by Gasteiger charge is 2.32. The highest BCUT2D eigenvalue weighted by molar-refractivity contribution is 7.23. The van der Waals surface area contributed by atoms with Gasteiger partial charge in [-0.05, 0) is 26.2 Å². The third kappa shape index (κ3) is 5.56. The van der Waals surface area contributed by atoms with Gasteiger partial charge in [0, 0.05) is 6.42 Å². The highest BCUT2D eigenvalue weighted by Crippen LogP contribution is 2.09. The molecule has 0 saturated heterocycles. The molecule has 1 N–H and O–H groups in total. The molecule has 0 aliphatic carbocycles. The number of nitrogens with zero attached hydrogens (tertiary/aromatic N) is 1. The maximum Gasteiger partial charge on any atom is 0.647 e. The van der Waals surface area contributed by atoms with E-state index in [1.807, 2.05) is 0 Å².